The Morgan fingerprint density at radius 1 is 1.48 bits per heavy atom. The smallest absolute Gasteiger partial charge is 0.339 e. The highest BCUT2D eigenvalue weighted by atomic mass is 16.4. The van der Waals surface area contributed by atoms with Gasteiger partial charge in [-0.25, -0.2) is 4.79 Å². The maximum absolute atomic E-state index is 12.4. The van der Waals surface area contributed by atoms with E-state index in [1.54, 1.807) is 6.92 Å². The van der Waals surface area contributed by atoms with Crippen molar-refractivity contribution in [1.29, 1.82) is 0 Å². The van der Waals surface area contributed by atoms with Crippen LogP contribution >= 0.6 is 0 Å². The summed E-state index contributed by atoms with van der Waals surface area (Å²) in [5, 5.41) is 11.6. The summed E-state index contributed by atoms with van der Waals surface area (Å²) >= 11 is 0. The minimum Gasteiger partial charge on any atom is -0.478 e. The van der Waals surface area contributed by atoms with Gasteiger partial charge in [0.05, 0.1) is 0 Å². The molecular weight excluding hydrogens is 276 g/mol. The summed E-state index contributed by atoms with van der Waals surface area (Å²) in [4.78, 5) is 36.7. The van der Waals surface area contributed by atoms with Gasteiger partial charge in [-0.15, -0.1) is 0 Å². The van der Waals surface area contributed by atoms with Gasteiger partial charge < -0.3 is 19.7 Å². The van der Waals surface area contributed by atoms with Gasteiger partial charge in [-0.05, 0) is 12.8 Å². The topological polar surface area (TPSA) is 99.9 Å². The van der Waals surface area contributed by atoms with Crippen LogP contribution < -0.4 is 5.32 Å². The predicted octanol–water partition coefficient (Wildman–Crippen LogP) is 0.891. The van der Waals surface area contributed by atoms with Crippen LogP contribution in [-0.4, -0.2) is 47.4 Å². The summed E-state index contributed by atoms with van der Waals surface area (Å²) in [6.07, 6.45) is 1.71. The number of rotatable bonds is 4. The van der Waals surface area contributed by atoms with Crippen molar-refractivity contribution in [1.82, 2.24) is 10.2 Å². The number of hydrogen-bond acceptors (Lipinski definition) is 4. The fraction of sp³-hybridized carbons (Fsp3) is 0.500. The van der Waals surface area contributed by atoms with E-state index in [9.17, 15) is 14.4 Å². The van der Waals surface area contributed by atoms with Gasteiger partial charge in [0.1, 0.15) is 17.4 Å². The van der Waals surface area contributed by atoms with E-state index in [1.807, 2.05) is 0 Å². The number of nitrogens with one attached hydrogen (secondary N) is 1. The summed E-state index contributed by atoms with van der Waals surface area (Å²) in [5.74, 6) is -1.55. The zero-order valence-electron chi connectivity index (χ0n) is 12.0. The van der Waals surface area contributed by atoms with Crippen molar-refractivity contribution in [3.63, 3.8) is 0 Å². The van der Waals surface area contributed by atoms with Gasteiger partial charge in [0.2, 0.25) is 5.91 Å². The van der Waals surface area contributed by atoms with Gasteiger partial charge in [0.25, 0.3) is 5.91 Å². The summed E-state index contributed by atoms with van der Waals surface area (Å²) in [5.41, 5.74) is -0.00320. The first-order valence-corrected chi connectivity index (χ1v) is 6.88. The molecule has 1 atom stereocenters. The molecule has 7 nitrogen and oxygen atoms in total. The molecule has 1 saturated heterocycles. The molecule has 21 heavy (non-hydrogen) atoms. The molecule has 1 unspecified atom stereocenters. The third kappa shape index (κ3) is 2.76. The van der Waals surface area contributed by atoms with Crippen LogP contribution in [0.15, 0.2) is 10.5 Å². The number of furan rings is 1. The van der Waals surface area contributed by atoms with Crippen molar-refractivity contribution in [2.24, 2.45) is 0 Å². The SMILES string of the molecule is CCc1oc(C(=O)N2CCCC2C(=O)NC)cc1C(=O)O. The molecule has 2 rings (SSSR count). The number of nitrogens with zero attached hydrogens (tertiary/aromatic N) is 1. The predicted molar refractivity (Wildman–Crippen MR) is 73.2 cm³/mol. The lowest BCUT2D eigenvalue weighted by Crippen LogP contribution is -2.44. The number of hydrogen-bond donors (Lipinski definition) is 2. The first-order chi connectivity index (χ1) is 9.99. The van der Waals surface area contributed by atoms with Gasteiger partial charge in [-0.2, -0.15) is 0 Å². The van der Waals surface area contributed by atoms with Gasteiger partial charge >= 0.3 is 5.97 Å². The number of amides is 2. The van der Waals surface area contributed by atoms with E-state index < -0.39 is 17.9 Å². The minimum absolute atomic E-state index is 0.00320. The quantitative estimate of drug-likeness (QED) is 0.859. The van der Waals surface area contributed by atoms with Crippen LogP contribution in [-0.2, 0) is 11.2 Å². The fourth-order valence-corrected chi connectivity index (χ4v) is 2.57. The highest BCUT2D eigenvalue weighted by Gasteiger charge is 2.35. The molecule has 2 N–H and O–H groups in total. The second-order valence-corrected chi connectivity index (χ2v) is 4.88. The van der Waals surface area contributed by atoms with Crippen LogP contribution in [0.1, 0.15) is 46.4 Å². The Morgan fingerprint density at radius 3 is 2.71 bits per heavy atom. The lowest BCUT2D eigenvalue weighted by molar-refractivity contribution is -0.124. The van der Waals surface area contributed by atoms with Crippen LogP contribution in [0.5, 0.6) is 0 Å². The molecule has 1 aliphatic heterocycles. The number of carbonyl (C=O) groups excluding carboxylic acids is 2. The monoisotopic (exact) mass is 294 g/mol. The first kappa shape index (κ1) is 15.1. The number of aromatic carboxylic acids is 1. The highest BCUT2D eigenvalue weighted by molar-refractivity contribution is 5.98. The first-order valence-electron chi connectivity index (χ1n) is 6.88. The van der Waals surface area contributed by atoms with E-state index in [0.29, 0.717) is 19.4 Å². The van der Waals surface area contributed by atoms with Crippen molar-refractivity contribution in [3.8, 4) is 0 Å². The Bertz CT molecular complexity index is 578. The van der Waals surface area contributed by atoms with Gasteiger partial charge in [0.15, 0.2) is 5.76 Å². The molecule has 0 bridgehead atoms. The van der Waals surface area contributed by atoms with E-state index >= 15 is 0 Å². The number of carboxylic acid groups (broad SMARTS) is 1. The number of likely N-dealkylation sites (tertiary alicyclic amines) is 1. The minimum atomic E-state index is -1.13. The third-order valence-electron chi connectivity index (χ3n) is 3.63. The number of carbonyl (C=O) groups is 3. The third-order valence-corrected chi connectivity index (χ3v) is 3.63. The number of likely N-dealkylation sites (N-methyl/N-ethyl adjacent to an activating group) is 1. The largest absolute Gasteiger partial charge is 0.478 e. The van der Waals surface area contributed by atoms with E-state index in [0.717, 1.165) is 6.42 Å². The van der Waals surface area contributed by atoms with Crippen molar-refractivity contribution in [3.05, 3.63) is 23.2 Å². The van der Waals surface area contributed by atoms with E-state index in [4.69, 9.17) is 9.52 Å². The molecule has 0 radical (unpaired) electrons. The molecule has 0 spiro atoms. The molecule has 0 aromatic carbocycles. The second kappa shape index (κ2) is 5.99. The van der Waals surface area contributed by atoms with Crippen molar-refractivity contribution < 1.29 is 23.9 Å². The van der Waals surface area contributed by atoms with Gasteiger partial charge in [-0.1, -0.05) is 6.92 Å². The van der Waals surface area contributed by atoms with Crippen molar-refractivity contribution >= 4 is 17.8 Å². The van der Waals surface area contributed by atoms with Crippen LogP contribution in [0.3, 0.4) is 0 Å². The summed E-state index contributed by atoms with van der Waals surface area (Å²) in [7, 11) is 1.52. The summed E-state index contributed by atoms with van der Waals surface area (Å²) in [6, 6.07) is 0.717. The maximum Gasteiger partial charge on any atom is 0.339 e. The zero-order chi connectivity index (χ0) is 15.6. The Hall–Kier alpha value is -2.31. The Kier molecular flexibility index (Phi) is 4.30. The van der Waals surface area contributed by atoms with E-state index in [-0.39, 0.29) is 23.0 Å². The Labute approximate surface area is 121 Å². The van der Waals surface area contributed by atoms with Crippen LogP contribution in [0.2, 0.25) is 0 Å². The van der Waals surface area contributed by atoms with Crippen LogP contribution in [0.4, 0.5) is 0 Å². The Morgan fingerprint density at radius 2 is 2.19 bits per heavy atom. The maximum atomic E-state index is 12.4. The molecular formula is C14H18N2O5. The molecule has 114 valence electrons. The standard InChI is InChI=1S/C14H18N2O5/c1-3-10-8(14(19)20)7-11(21-10)13(18)16-6-4-5-9(16)12(17)15-2/h7,9H,3-6H2,1-2H3,(H,15,17)(H,19,20). The fourth-order valence-electron chi connectivity index (χ4n) is 2.57. The molecule has 1 aromatic rings. The van der Waals surface area contributed by atoms with Gasteiger partial charge in [0, 0.05) is 26.1 Å². The average molecular weight is 294 g/mol. The van der Waals surface area contributed by atoms with Crippen LogP contribution in [0, 0.1) is 0 Å². The molecule has 1 aromatic heterocycles. The molecule has 2 heterocycles. The lowest BCUT2D eigenvalue weighted by Gasteiger charge is -2.22. The normalized spacial score (nSPS) is 17.8. The average Bonchev–Trinajstić information content (AvgIpc) is 3.11. The number of aryl methyl sites for hydroxylation is 1. The van der Waals surface area contributed by atoms with E-state index in [1.165, 1.54) is 18.0 Å². The summed E-state index contributed by atoms with van der Waals surface area (Å²) < 4.78 is 5.36. The molecule has 1 fully saturated rings. The molecule has 0 saturated carbocycles. The van der Waals surface area contributed by atoms with Gasteiger partial charge in [-0.3, -0.25) is 9.59 Å². The van der Waals surface area contributed by atoms with Crippen molar-refractivity contribution in [2.45, 2.75) is 32.2 Å². The molecule has 7 heteroatoms. The molecule has 1 aliphatic rings. The van der Waals surface area contributed by atoms with E-state index in [2.05, 4.69) is 5.32 Å². The number of carboxylic acids is 1. The van der Waals surface area contributed by atoms with Crippen molar-refractivity contribution in [2.75, 3.05) is 13.6 Å². The Balaban J connectivity index is 2.27. The lowest BCUT2D eigenvalue weighted by atomic mass is 10.2. The second-order valence-electron chi connectivity index (χ2n) is 4.88. The highest BCUT2D eigenvalue weighted by Crippen LogP contribution is 2.23. The zero-order valence-corrected chi connectivity index (χ0v) is 12.0. The molecule has 0 aliphatic carbocycles. The summed E-state index contributed by atoms with van der Waals surface area (Å²) in [6.45, 7) is 2.21. The molecule has 2 amide bonds. The van der Waals surface area contributed by atoms with Crippen LogP contribution in [0.25, 0.3) is 0 Å².